The average molecular weight is 383 g/mol. The summed E-state index contributed by atoms with van der Waals surface area (Å²) in [6, 6.07) is 22.6. The third-order valence-corrected chi connectivity index (χ3v) is 5.25. The van der Waals surface area contributed by atoms with E-state index in [1.54, 1.807) is 0 Å². The lowest BCUT2D eigenvalue weighted by atomic mass is 9.96. The second-order valence-corrected chi connectivity index (χ2v) is 7.74. The Labute approximate surface area is 171 Å². The van der Waals surface area contributed by atoms with Crippen molar-refractivity contribution in [3.63, 3.8) is 0 Å². The summed E-state index contributed by atoms with van der Waals surface area (Å²) in [5.41, 5.74) is 7.08. The van der Waals surface area contributed by atoms with E-state index in [2.05, 4.69) is 44.2 Å². The van der Waals surface area contributed by atoms with Gasteiger partial charge < -0.3 is 9.14 Å². The summed E-state index contributed by atoms with van der Waals surface area (Å²) < 4.78 is 8.10. The number of hydrogen-bond donors (Lipinski definition) is 0. The Bertz CT molecular complexity index is 1160. The monoisotopic (exact) mass is 383 g/mol. The quantitative estimate of drug-likeness (QED) is 0.359. The molecule has 4 aromatic rings. The van der Waals surface area contributed by atoms with E-state index in [1.165, 1.54) is 0 Å². The molecule has 0 saturated heterocycles. The summed E-state index contributed by atoms with van der Waals surface area (Å²) >= 11 is 0. The average Bonchev–Trinajstić information content (AvgIpc) is 3.10. The number of fused-ring (bicyclic) bond motifs is 1. The first-order chi connectivity index (χ1) is 14.1. The van der Waals surface area contributed by atoms with Gasteiger partial charge in [-0.25, -0.2) is 0 Å². The van der Waals surface area contributed by atoms with Crippen LogP contribution in [0.3, 0.4) is 0 Å². The summed E-state index contributed by atoms with van der Waals surface area (Å²) in [5, 5.41) is 0. The Morgan fingerprint density at radius 1 is 1.00 bits per heavy atom. The van der Waals surface area contributed by atoms with Gasteiger partial charge in [0.1, 0.15) is 12.4 Å². The van der Waals surface area contributed by atoms with Gasteiger partial charge in [-0.3, -0.25) is 4.79 Å². The van der Waals surface area contributed by atoms with Gasteiger partial charge in [0.15, 0.2) is 6.29 Å². The van der Waals surface area contributed by atoms with Gasteiger partial charge >= 0.3 is 0 Å². The topological polar surface area (TPSA) is 30.7 Å². The molecule has 0 aliphatic heterocycles. The van der Waals surface area contributed by atoms with Crippen molar-refractivity contribution in [2.24, 2.45) is 0 Å². The second kappa shape index (κ2) is 7.96. The zero-order valence-corrected chi connectivity index (χ0v) is 17.1. The molecule has 0 radical (unpaired) electrons. The Morgan fingerprint density at radius 2 is 1.79 bits per heavy atom. The maximum Gasteiger partial charge on any atom is 0.167 e. The third-order valence-electron chi connectivity index (χ3n) is 5.25. The number of aldehydes is 1. The largest absolute Gasteiger partial charge is 0.489 e. The number of aromatic nitrogens is 1. The van der Waals surface area contributed by atoms with Gasteiger partial charge in [-0.05, 0) is 59.4 Å². The predicted molar refractivity (Wildman–Crippen MR) is 118 cm³/mol. The van der Waals surface area contributed by atoms with Crippen LogP contribution in [0, 0.1) is 6.92 Å². The van der Waals surface area contributed by atoms with Crippen LogP contribution in [0.25, 0.3) is 16.6 Å². The summed E-state index contributed by atoms with van der Waals surface area (Å²) in [5.74, 6) is 1.19. The summed E-state index contributed by atoms with van der Waals surface area (Å²) in [4.78, 5) is 11.9. The van der Waals surface area contributed by atoms with Gasteiger partial charge in [0.25, 0.3) is 0 Å². The number of carbonyl (C=O) groups is 1. The van der Waals surface area contributed by atoms with Gasteiger partial charge in [-0.15, -0.1) is 0 Å². The van der Waals surface area contributed by atoms with Crippen molar-refractivity contribution >= 4 is 11.8 Å². The third kappa shape index (κ3) is 3.81. The molecular weight excluding hydrogens is 358 g/mol. The summed E-state index contributed by atoms with van der Waals surface area (Å²) in [6.07, 6.45) is 2.94. The van der Waals surface area contributed by atoms with Gasteiger partial charge in [-0.2, -0.15) is 0 Å². The molecule has 3 nitrogen and oxygen atoms in total. The Hall–Kier alpha value is -3.33. The van der Waals surface area contributed by atoms with E-state index in [0.29, 0.717) is 18.2 Å². The lowest BCUT2D eigenvalue weighted by Gasteiger charge is -2.16. The highest BCUT2D eigenvalue weighted by atomic mass is 16.5. The first kappa shape index (κ1) is 19.0. The number of benzene rings is 2. The molecule has 0 atom stereocenters. The van der Waals surface area contributed by atoms with Crippen LogP contribution in [0.15, 0.2) is 72.9 Å². The number of rotatable bonds is 6. The van der Waals surface area contributed by atoms with Crippen LogP contribution in [0.2, 0.25) is 0 Å². The first-order valence-corrected chi connectivity index (χ1v) is 9.94. The molecule has 0 aliphatic rings. The van der Waals surface area contributed by atoms with Crippen molar-refractivity contribution in [3.05, 3.63) is 95.3 Å². The molecule has 29 heavy (non-hydrogen) atoms. The zero-order chi connectivity index (χ0) is 20.4. The highest BCUT2D eigenvalue weighted by Crippen LogP contribution is 2.34. The fraction of sp³-hybridized carbons (Fsp3) is 0.192. The molecule has 4 rings (SSSR count). The summed E-state index contributed by atoms with van der Waals surface area (Å²) in [6.45, 7) is 6.89. The normalized spacial score (nSPS) is 11.2. The maximum atomic E-state index is 11.9. The molecule has 2 heterocycles. The van der Waals surface area contributed by atoms with Crippen molar-refractivity contribution in [1.82, 2.24) is 4.40 Å². The van der Waals surface area contributed by atoms with E-state index in [9.17, 15) is 4.79 Å². The number of carbonyl (C=O) groups excluding carboxylic acids is 1. The number of pyridine rings is 1. The first-order valence-electron chi connectivity index (χ1n) is 9.94. The number of hydrogen-bond acceptors (Lipinski definition) is 2. The molecule has 0 fully saturated rings. The smallest absolute Gasteiger partial charge is 0.167 e. The molecule has 0 amide bonds. The molecule has 3 heteroatoms. The molecule has 0 aliphatic carbocycles. The second-order valence-electron chi connectivity index (χ2n) is 7.74. The molecule has 0 saturated carbocycles. The molecule has 0 bridgehead atoms. The highest BCUT2D eigenvalue weighted by molar-refractivity contribution is 5.90. The Balaban J connectivity index is 1.73. The van der Waals surface area contributed by atoms with Gasteiger partial charge in [0, 0.05) is 17.3 Å². The Kier molecular flexibility index (Phi) is 5.22. The predicted octanol–water partition coefficient (Wildman–Crippen LogP) is 6.43. The van der Waals surface area contributed by atoms with E-state index in [4.69, 9.17) is 4.74 Å². The van der Waals surface area contributed by atoms with Crippen LogP contribution in [0.1, 0.15) is 46.9 Å². The minimum Gasteiger partial charge on any atom is -0.489 e. The van der Waals surface area contributed by atoms with Gasteiger partial charge in [-0.1, -0.05) is 56.3 Å². The molecule has 0 unspecified atom stereocenters. The lowest BCUT2D eigenvalue weighted by Crippen LogP contribution is -2.00. The summed E-state index contributed by atoms with van der Waals surface area (Å²) in [7, 11) is 0. The van der Waals surface area contributed by atoms with Crippen molar-refractivity contribution in [3.8, 4) is 16.9 Å². The van der Waals surface area contributed by atoms with E-state index >= 15 is 0 Å². The van der Waals surface area contributed by atoms with Crippen molar-refractivity contribution in [2.75, 3.05) is 0 Å². The SMILES string of the molecule is Cc1ccc2cc(-c3ccc(OCc4ccccc4)c(C(C)C)c3)c(C=O)n2c1. The van der Waals surface area contributed by atoms with Crippen LogP contribution < -0.4 is 4.74 Å². The highest BCUT2D eigenvalue weighted by Gasteiger charge is 2.15. The maximum absolute atomic E-state index is 11.9. The minimum atomic E-state index is 0.305. The van der Waals surface area contributed by atoms with Crippen LogP contribution in [-0.4, -0.2) is 10.7 Å². The Morgan fingerprint density at radius 3 is 2.52 bits per heavy atom. The van der Waals surface area contributed by atoms with Crippen molar-refractivity contribution in [2.45, 2.75) is 33.3 Å². The molecule has 2 aromatic carbocycles. The number of ether oxygens (including phenoxy) is 1. The van der Waals surface area contributed by atoms with E-state index in [0.717, 1.165) is 45.4 Å². The zero-order valence-electron chi connectivity index (χ0n) is 17.1. The standard InChI is InChI=1S/C26H25NO2/c1-18(2)23-13-21(10-12-26(23)29-17-20-7-5-4-6-8-20)24-14-22-11-9-19(3)15-27(22)25(24)16-28/h4-16,18H,17H2,1-3H3. The van der Waals surface area contributed by atoms with E-state index in [-0.39, 0.29) is 0 Å². The fourth-order valence-electron chi connectivity index (χ4n) is 3.68. The molecule has 0 spiro atoms. The molecule has 0 N–H and O–H groups in total. The van der Waals surface area contributed by atoms with Crippen LogP contribution in [-0.2, 0) is 6.61 Å². The van der Waals surface area contributed by atoms with Crippen LogP contribution >= 0.6 is 0 Å². The number of nitrogens with zero attached hydrogens (tertiary/aromatic N) is 1. The fourth-order valence-corrected chi connectivity index (χ4v) is 3.68. The van der Waals surface area contributed by atoms with Gasteiger partial charge in [0.2, 0.25) is 0 Å². The molecular formula is C26H25NO2. The number of aryl methyl sites for hydroxylation is 1. The minimum absolute atomic E-state index is 0.305. The molecule has 146 valence electrons. The van der Waals surface area contributed by atoms with Crippen LogP contribution in [0.4, 0.5) is 0 Å². The van der Waals surface area contributed by atoms with Crippen LogP contribution in [0.5, 0.6) is 5.75 Å². The van der Waals surface area contributed by atoms with Gasteiger partial charge in [0.05, 0.1) is 5.69 Å². The molecule has 2 aromatic heterocycles. The lowest BCUT2D eigenvalue weighted by molar-refractivity contribution is 0.111. The van der Waals surface area contributed by atoms with E-state index < -0.39 is 0 Å². The van der Waals surface area contributed by atoms with E-state index in [1.807, 2.05) is 53.9 Å². The van der Waals surface area contributed by atoms with Crippen molar-refractivity contribution in [1.29, 1.82) is 0 Å². The van der Waals surface area contributed by atoms with Crippen molar-refractivity contribution < 1.29 is 9.53 Å².